The number of morpholine rings is 2. The molecule has 2 aromatic carbocycles. The van der Waals surface area contributed by atoms with Crippen LogP contribution < -0.4 is 9.47 Å². The average Bonchev–Trinajstić information content (AvgIpc) is 3.10. The van der Waals surface area contributed by atoms with Crippen molar-refractivity contribution in [3.05, 3.63) is 47.5 Å². The fourth-order valence-corrected chi connectivity index (χ4v) is 4.07. The first-order valence-corrected chi connectivity index (χ1v) is 10.5. The molecule has 2 saturated heterocycles. The lowest BCUT2D eigenvalue weighted by molar-refractivity contribution is 0.00402. The Labute approximate surface area is 176 Å². The van der Waals surface area contributed by atoms with E-state index in [0.717, 1.165) is 75.2 Å². The molecule has 0 N–H and O–H groups in total. The molecular weight excluding hydrogens is 384 g/mol. The van der Waals surface area contributed by atoms with Crippen molar-refractivity contribution in [2.75, 3.05) is 66.1 Å². The highest BCUT2D eigenvalue weighted by molar-refractivity contribution is 6.22. The molecule has 5 rings (SSSR count). The summed E-state index contributed by atoms with van der Waals surface area (Å²) in [7, 11) is 0. The first kappa shape index (κ1) is 19.5. The molecule has 2 fully saturated rings. The fraction of sp³-hybridized carbons (Fsp3) is 0.435. The largest absolute Gasteiger partial charge is 0.478 e. The third-order valence-electron chi connectivity index (χ3n) is 5.80. The second kappa shape index (κ2) is 8.73. The van der Waals surface area contributed by atoms with Gasteiger partial charge in [0.1, 0.15) is 25.0 Å². The third-order valence-corrected chi connectivity index (χ3v) is 5.80. The summed E-state index contributed by atoms with van der Waals surface area (Å²) in [6.45, 7) is 7.35. The molecule has 0 saturated carbocycles. The van der Waals surface area contributed by atoms with Crippen LogP contribution in [0.15, 0.2) is 36.4 Å². The number of ether oxygens (including phenoxy) is 4. The third kappa shape index (κ3) is 3.94. The van der Waals surface area contributed by atoms with E-state index >= 15 is 0 Å². The van der Waals surface area contributed by atoms with Gasteiger partial charge in [-0.15, -0.1) is 0 Å². The second-order valence-corrected chi connectivity index (χ2v) is 7.72. The minimum atomic E-state index is 0.0385. The molecule has 0 bridgehead atoms. The van der Waals surface area contributed by atoms with Crippen molar-refractivity contribution in [3.63, 3.8) is 0 Å². The van der Waals surface area contributed by atoms with Gasteiger partial charge in [0.2, 0.25) is 0 Å². The van der Waals surface area contributed by atoms with Crippen molar-refractivity contribution in [3.8, 4) is 22.6 Å². The maximum absolute atomic E-state index is 12.9. The van der Waals surface area contributed by atoms with Crippen LogP contribution >= 0.6 is 0 Å². The van der Waals surface area contributed by atoms with Crippen molar-refractivity contribution in [1.29, 1.82) is 0 Å². The Kier molecular flexibility index (Phi) is 5.68. The summed E-state index contributed by atoms with van der Waals surface area (Å²) in [4.78, 5) is 17.3. The number of hydrogen-bond acceptors (Lipinski definition) is 7. The van der Waals surface area contributed by atoms with Crippen LogP contribution in [0.25, 0.3) is 11.1 Å². The van der Waals surface area contributed by atoms with Gasteiger partial charge in [-0.1, -0.05) is 12.1 Å². The number of rotatable bonds is 6. The van der Waals surface area contributed by atoms with E-state index in [9.17, 15) is 4.79 Å². The lowest BCUT2D eigenvalue weighted by atomic mass is 10.0. The van der Waals surface area contributed by atoms with E-state index in [0.29, 0.717) is 24.6 Å². The highest BCUT2D eigenvalue weighted by atomic mass is 16.5. The van der Waals surface area contributed by atoms with E-state index in [1.54, 1.807) is 0 Å². The Morgan fingerprint density at radius 1 is 0.767 bits per heavy atom. The van der Waals surface area contributed by atoms with Crippen molar-refractivity contribution in [2.45, 2.75) is 0 Å². The van der Waals surface area contributed by atoms with E-state index in [1.807, 2.05) is 36.4 Å². The summed E-state index contributed by atoms with van der Waals surface area (Å²) in [5.41, 5.74) is 3.13. The molecule has 0 spiro atoms. The number of carbonyl (C=O) groups excluding carboxylic acids is 1. The molecule has 2 heterocycles. The summed E-state index contributed by atoms with van der Waals surface area (Å²) < 4.78 is 22.9. The number of carbonyl (C=O) groups is 1. The molecule has 1 aliphatic carbocycles. The smallest absolute Gasteiger partial charge is 0.194 e. The van der Waals surface area contributed by atoms with Crippen molar-refractivity contribution < 1.29 is 23.7 Å². The van der Waals surface area contributed by atoms with Gasteiger partial charge in [0.15, 0.2) is 5.78 Å². The zero-order valence-electron chi connectivity index (χ0n) is 17.0. The van der Waals surface area contributed by atoms with Gasteiger partial charge in [-0.2, -0.15) is 0 Å². The zero-order valence-corrected chi connectivity index (χ0v) is 17.0. The number of fused-ring (bicyclic) bond motifs is 3. The van der Waals surface area contributed by atoms with Crippen molar-refractivity contribution in [1.82, 2.24) is 9.80 Å². The van der Waals surface area contributed by atoms with Crippen LogP contribution in [0, 0.1) is 0 Å². The number of nitrogens with zero attached hydrogens (tertiary/aromatic N) is 2. The first-order valence-electron chi connectivity index (χ1n) is 10.5. The summed E-state index contributed by atoms with van der Waals surface area (Å²) >= 11 is 0. The Morgan fingerprint density at radius 3 is 2.13 bits per heavy atom. The summed E-state index contributed by atoms with van der Waals surface area (Å²) in [5.74, 6) is 1.52. The molecule has 0 radical (unpaired) electrons. The summed E-state index contributed by atoms with van der Waals surface area (Å²) in [5, 5.41) is 0. The van der Waals surface area contributed by atoms with Gasteiger partial charge in [-0.3, -0.25) is 14.6 Å². The second-order valence-electron chi connectivity index (χ2n) is 7.72. The molecule has 7 heteroatoms. The highest BCUT2D eigenvalue weighted by Crippen LogP contribution is 2.44. The number of benzene rings is 2. The Balaban J connectivity index is 1.36. The van der Waals surface area contributed by atoms with Crippen LogP contribution in [0.1, 0.15) is 15.9 Å². The van der Waals surface area contributed by atoms with Gasteiger partial charge in [0.05, 0.1) is 26.4 Å². The molecule has 30 heavy (non-hydrogen) atoms. The van der Waals surface area contributed by atoms with Crippen LogP contribution in [-0.2, 0) is 9.47 Å². The zero-order chi connectivity index (χ0) is 20.3. The van der Waals surface area contributed by atoms with Gasteiger partial charge in [0.25, 0.3) is 0 Å². The van der Waals surface area contributed by atoms with Gasteiger partial charge in [-0.25, -0.2) is 0 Å². The quantitative estimate of drug-likeness (QED) is 0.618. The summed E-state index contributed by atoms with van der Waals surface area (Å²) in [6, 6.07) is 11.4. The molecule has 0 atom stereocenters. The molecule has 0 aromatic heterocycles. The molecule has 0 amide bonds. The van der Waals surface area contributed by atoms with Gasteiger partial charge in [0, 0.05) is 48.4 Å². The van der Waals surface area contributed by atoms with Crippen molar-refractivity contribution in [2.24, 2.45) is 0 Å². The Morgan fingerprint density at radius 2 is 1.43 bits per heavy atom. The van der Waals surface area contributed by atoms with Crippen LogP contribution in [0.3, 0.4) is 0 Å². The molecule has 0 unspecified atom stereocenters. The number of ketones is 1. The maximum atomic E-state index is 12.9. The van der Waals surface area contributed by atoms with Crippen LogP contribution in [0.2, 0.25) is 0 Å². The lowest BCUT2D eigenvalue weighted by Crippen LogP contribution is -2.38. The standard InChI is InChI=1S/C23H26N2O5/c26-23-18-5-4-17(29-15-24-6-10-27-11-7-24)14-20(18)22-19(23)2-1-3-21(22)30-16-25-8-12-28-13-9-25/h1-5,14H,6-13,15-16H2. The van der Waals surface area contributed by atoms with Crippen LogP contribution in [0.5, 0.6) is 11.5 Å². The minimum absolute atomic E-state index is 0.0385. The molecule has 3 aliphatic rings. The maximum Gasteiger partial charge on any atom is 0.194 e. The fourth-order valence-electron chi connectivity index (χ4n) is 4.07. The average molecular weight is 410 g/mol. The van der Waals surface area contributed by atoms with E-state index in [4.69, 9.17) is 18.9 Å². The topological polar surface area (TPSA) is 60.5 Å². The molecule has 158 valence electrons. The van der Waals surface area contributed by atoms with Gasteiger partial charge < -0.3 is 18.9 Å². The van der Waals surface area contributed by atoms with E-state index in [2.05, 4.69) is 9.80 Å². The predicted molar refractivity (Wildman–Crippen MR) is 111 cm³/mol. The normalized spacial score (nSPS) is 19.4. The van der Waals surface area contributed by atoms with E-state index in [1.165, 1.54) is 0 Å². The van der Waals surface area contributed by atoms with Crippen LogP contribution in [-0.4, -0.2) is 81.7 Å². The molecule has 2 aromatic rings. The minimum Gasteiger partial charge on any atom is -0.478 e. The van der Waals surface area contributed by atoms with E-state index < -0.39 is 0 Å². The van der Waals surface area contributed by atoms with Gasteiger partial charge >= 0.3 is 0 Å². The Bertz CT molecular complexity index is 920. The summed E-state index contributed by atoms with van der Waals surface area (Å²) in [6.07, 6.45) is 0. The lowest BCUT2D eigenvalue weighted by Gasteiger charge is -2.27. The first-order chi connectivity index (χ1) is 14.8. The molecular formula is C23H26N2O5. The number of hydrogen-bond donors (Lipinski definition) is 0. The van der Waals surface area contributed by atoms with Crippen molar-refractivity contribution >= 4 is 5.78 Å². The molecule has 7 nitrogen and oxygen atoms in total. The monoisotopic (exact) mass is 410 g/mol. The van der Waals surface area contributed by atoms with Crippen LogP contribution in [0.4, 0.5) is 0 Å². The molecule has 2 aliphatic heterocycles. The van der Waals surface area contributed by atoms with Gasteiger partial charge in [-0.05, 0) is 24.3 Å². The highest BCUT2D eigenvalue weighted by Gasteiger charge is 2.30. The SMILES string of the molecule is O=C1c2ccc(OCN3CCOCC3)cc2-c2c(OCN3CCOCC3)cccc21. The Hall–Kier alpha value is -2.45. The predicted octanol–water partition coefficient (Wildman–Crippen LogP) is 2.24. The van der Waals surface area contributed by atoms with E-state index in [-0.39, 0.29) is 5.78 Å².